The van der Waals surface area contributed by atoms with Crippen molar-refractivity contribution < 1.29 is 23.2 Å². The van der Waals surface area contributed by atoms with Crippen LogP contribution in [0.5, 0.6) is 0 Å². The van der Waals surface area contributed by atoms with Crippen molar-refractivity contribution in [1.82, 2.24) is 10.1 Å². The van der Waals surface area contributed by atoms with E-state index >= 15 is 0 Å². The summed E-state index contributed by atoms with van der Waals surface area (Å²) in [6, 6.07) is 5.04. The number of esters is 1. The first kappa shape index (κ1) is 19.6. The van der Waals surface area contributed by atoms with Gasteiger partial charge in [0.25, 0.3) is 5.91 Å². The van der Waals surface area contributed by atoms with E-state index < -0.39 is 23.8 Å². The molecule has 26 heavy (non-hydrogen) atoms. The molecule has 1 aromatic heterocycles. The summed E-state index contributed by atoms with van der Waals surface area (Å²) in [4.78, 5) is 27.8. The number of hydrogen-bond donors (Lipinski definition) is 1. The highest BCUT2D eigenvalue weighted by molar-refractivity contribution is 5.83. The topological polar surface area (TPSA) is 108 Å². The van der Waals surface area contributed by atoms with Crippen molar-refractivity contribution in [2.45, 2.75) is 51.6 Å². The summed E-state index contributed by atoms with van der Waals surface area (Å²) in [6.07, 6.45) is -0.368. The summed E-state index contributed by atoms with van der Waals surface area (Å²) in [5, 5.41) is 3.91. The van der Waals surface area contributed by atoms with E-state index in [2.05, 4.69) is 10.1 Å². The lowest BCUT2D eigenvalue weighted by Gasteiger charge is -2.15. The van der Waals surface area contributed by atoms with Crippen LogP contribution in [0.15, 0.2) is 28.8 Å². The van der Waals surface area contributed by atoms with Crippen molar-refractivity contribution in [2.24, 2.45) is 5.73 Å². The quantitative estimate of drug-likeness (QED) is 0.758. The number of nitrogens with zero attached hydrogens (tertiary/aromatic N) is 2. The first-order chi connectivity index (χ1) is 12.2. The van der Waals surface area contributed by atoms with E-state index in [1.807, 2.05) is 20.8 Å². The number of carbonyl (C=O) groups is 2. The highest BCUT2D eigenvalue weighted by Gasteiger charge is 2.23. The van der Waals surface area contributed by atoms with Gasteiger partial charge in [-0.05, 0) is 18.6 Å². The molecule has 7 nitrogen and oxygen atoms in total. The van der Waals surface area contributed by atoms with Crippen molar-refractivity contribution in [3.05, 3.63) is 47.4 Å². The molecule has 140 valence electrons. The van der Waals surface area contributed by atoms with E-state index in [9.17, 15) is 14.0 Å². The average Bonchev–Trinajstić information content (AvgIpc) is 3.02. The number of carbonyl (C=O) groups excluding carboxylic acids is 2. The predicted molar refractivity (Wildman–Crippen MR) is 90.4 cm³/mol. The molecular weight excluding hydrogens is 341 g/mol. The monoisotopic (exact) mass is 363 g/mol. The fraction of sp³-hybridized carbons (Fsp3) is 0.444. The Hall–Kier alpha value is -2.77. The molecule has 2 rings (SSSR count). The largest absolute Gasteiger partial charge is 0.447 e. The molecule has 0 aliphatic heterocycles. The SMILES string of the molecule is CC(C)(C)c1noc(CCCC(=O)OC(C(N)=O)c2ccc(F)cc2)n1. The molecule has 1 atom stereocenters. The van der Waals surface area contributed by atoms with E-state index in [0.29, 0.717) is 30.1 Å². The number of ether oxygens (including phenoxy) is 1. The van der Waals surface area contributed by atoms with Gasteiger partial charge in [-0.2, -0.15) is 4.98 Å². The molecular formula is C18H22FN3O4. The van der Waals surface area contributed by atoms with E-state index in [1.165, 1.54) is 24.3 Å². The van der Waals surface area contributed by atoms with Gasteiger partial charge in [0.05, 0.1) is 0 Å². The standard InChI is InChI=1S/C18H22FN3O4/c1-18(2,3)17-21-13(26-22-17)5-4-6-14(23)25-15(16(20)24)11-7-9-12(19)10-8-11/h7-10,15H,4-6H2,1-3H3,(H2,20,24). The number of nitrogens with two attached hydrogens (primary N) is 1. The highest BCUT2D eigenvalue weighted by Crippen LogP contribution is 2.20. The Morgan fingerprint density at radius 1 is 1.27 bits per heavy atom. The van der Waals surface area contributed by atoms with Gasteiger partial charge in [-0.1, -0.05) is 38.1 Å². The number of aromatic nitrogens is 2. The minimum Gasteiger partial charge on any atom is -0.447 e. The molecule has 0 spiro atoms. The van der Waals surface area contributed by atoms with Crippen LogP contribution in [0.2, 0.25) is 0 Å². The number of rotatable bonds is 7. The minimum absolute atomic E-state index is 0.0538. The zero-order valence-corrected chi connectivity index (χ0v) is 15.0. The lowest BCUT2D eigenvalue weighted by atomic mass is 9.96. The molecule has 0 aliphatic carbocycles. The smallest absolute Gasteiger partial charge is 0.306 e. The summed E-state index contributed by atoms with van der Waals surface area (Å²) < 4.78 is 23.3. The number of halogens is 1. The summed E-state index contributed by atoms with van der Waals surface area (Å²) >= 11 is 0. The van der Waals surface area contributed by atoms with Gasteiger partial charge < -0.3 is 15.0 Å². The number of primary amides is 1. The van der Waals surface area contributed by atoms with Crippen LogP contribution in [0.3, 0.4) is 0 Å². The van der Waals surface area contributed by atoms with E-state index in [0.717, 1.165) is 0 Å². The molecule has 0 saturated heterocycles. The van der Waals surface area contributed by atoms with Crippen LogP contribution in [0.25, 0.3) is 0 Å². The second kappa shape index (κ2) is 8.07. The lowest BCUT2D eigenvalue weighted by molar-refractivity contribution is -0.155. The van der Waals surface area contributed by atoms with Crippen LogP contribution in [0.1, 0.15) is 57.0 Å². The number of benzene rings is 1. The molecule has 0 fully saturated rings. The third-order valence-electron chi connectivity index (χ3n) is 3.59. The molecule has 0 radical (unpaired) electrons. The maximum Gasteiger partial charge on any atom is 0.306 e. The normalized spacial score (nSPS) is 12.6. The van der Waals surface area contributed by atoms with Crippen molar-refractivity contribution >= 4 is 11.9 Å². The molecule has 0 bridgehead atoms. The maximum atomic E-state index is 13.0. The number of hydrogen-bond acceptors (Lipinski definition) is 6. The second-order valence-corrected chi connectivity index (χ2v) is 6.94. The molecule has 2 aromatic rings. The molecule has 1 amide bonds. The zero-order chi connectivity index (χ0) is 19.3. The fourth-order valence-electron chi connectivity index (χ4n) is 2.16. The van der Waals surface area contributed by atoms with Crippen molar-refractivity contribution in [3.63, 3.8) is 0 Å². The van der Waals surface area contributed by atoms with Gasteiger partial charge in [-0.15, -0.1) is 0 Å². The number of amides is 1. The van der Waals surface area contributed by atoms with Gasteiger partial charge in [-0.25, -0.2) is 4.39 Å². The Morgan fingerprint density at radius 3 is 2.46 bits per heavy atom. The van der Waals surface area contributed by atoms with Gasteiger partial charge in [-0.3, -0.25) is 9.59 Å². The van der Waals surface area contributed by atoms with E-state index in [4.69, 9.17) is 15.0 Å². The molecule has 0 saturated carbocycles. The van der Waals surface area contributed by atoms with Gasteiger partial charge >= 0.3 is 5.97 Å². The summed E-state index contributed by atoms with van der Waals surface area (Å²) in [7, 11) is 0. The minimum atomic E-state index is -1.25. The van der Waals surface area contributed by atoms with Crippen LogP contribution in [-0.2, 0) is 26.2 Å². The molecule has 1 aromatic carbocycles. The first-order valence-corrected chi connectivity index (χ1v) is 8.24. The van der Waals surface area contributed by atoms with E-state index in [-0.39, 0.29) is 11.8 Å². The third-order valence-corrected chi connectivity index (χ3v) is 3.59. The Balaban J connectivity index is 1.87. The summed E-state index contributed by atoms with van der Waals surface area (Å²) in [5.41, 5.74) is 5.38. The Labute approximate surface area is 150 Å². The maximum absolute atomic E-state index is 13.0. The molecule has 1 heterocycles. The highest BCUT2D eigenvalue weighted by atomic mass is 19.1. The van der Waals surface area contributed by atoms with Crippen LogP contribution in [0, 0.1) is 5.82 Å². The van der Waals surface area contributed by atoms with Gasteiger partial charge in [0, 0.05) is 23.8 Å². The molecule has 8 heteroatoms. The Morgan fingerprint density at radius 2 is 1.92 bits per heavy atom. The summed E-state index contributed by atoms with van der Waals surface area (Å²) in [6.45, 7) is 5.91. The fourth-order valence-corrected chi connectivity index (χ4v) is 2.16. The van der Waals surface area contributed by atoms with Crippen molar-refractivity contribution in [3.8, 4) is 0 Å². The Bertz CT molecular complexity index is 765. The molecule has 1 unspecified atom stereocenters. The van der Waals surface area contributed by atoms with Gasteiger partial charge in [0.2, 0.25) is 12.0 Å². The van der Waals surface area contributed by atoms with Gasteiger partial charge in [0.1, 0.15) is 5.82 Å². The van der Waals surface area contributed by atoms with Crippen molar-refractivity contribution in [2.75, 3.05) is 0 Å². The van der Waals surface area contributed by atoms with Crippen LogP contribution in [0.4, 0.5) is 4.39 Å². The van der Waals surface area contributed by atoms with E-state index in [1.54, 1.807) is 0 Å². The van der Waals surface area contributed by atoms with Crippen molar-refractivity contribution in [1.29, 1.82) is 0 Å². The predicted octanol–water partition coefficient (Wildman–Crippen LogP) is 2.60. The molecule has 2 N–H and O–H groups in total. The summed E-state index contributed by atoms with van der Waals surface area (Å²) in [5.74, 6) is -0.837. The molecule has 0 aliphatic rings. The van der Waals surface area contributed by atoms with Gasteiger partial charge in [0.15, 0.2) is 5.82 Å². The lowest BCUT2D eigenvalue weighted by Crippen LogP contribution is -2.26. The van der Waals surface area contributed by atoms with Crippen LogP contribution in [-0.4, -0.2) is 22.0 Å². The zero-order valence-electron chi connectivity index (χ0n) is 15.0. The van der Waals surface area contributed by atoms with Crippen LogP contribution < -0.4 is 5.73 Å². The van der Waals surface area contributed by atoms with Crippen LogP contribution >= 0.6 is 0 Å². The third kappa shape index (κ3) is 5.37. The number of aryl methyl sites for hydroxylation is 1. The first-order valence-electron chi connectivity index (χ1n) is 8.24. The average molecular weight is 363 g/mol. The Kier molecular flexibility index (Phi) is 6.07. The second-order valence-electron chi connectivity index (χ2n) is 6.94.